The number of benzene rings is 2. The third-order valence-corrected chi connectivity index (χ3v) is 4.44. The lowest BCUT2D eigenvalue weighted by atomic mass is 10.1. The molecule has 1 atom stereocenters. The van der Waals surface area contributed by atoms with E-state index in [9.17, 15) is 13.6 Å². The third-order valence-electron chi connectivity index (χ3n) is 4.44. The molecule has 6 heteroatoms. The van der Waals surface area contributed by atoms with Gasteiger partial charge in [0.25, 0.3) is 0 Å². The molecule has 2 aromatic rings. The minimum atomic E-state index is -2.99. The molecule has 0 fully saturated rings. The summed E-state index contributed by atoms with van der Waals surface area (Å²) in [5, 5.41) is 0. The lowest BCUT2D eigenvalue weighted by molar-refractivity contribution is -0.128. The second-order valence-electron chi connectivity index (χ2n) is 6.30. The predicted octanol–water partition coefficient (Wildman–Crippen LogP) is 5.14. The molecule has 0 radical (unpaired) electrons. The van der Waals surface area contributed by atoms with E-state index in [0.29, 0.717) is 12.1 Å². The van der Waals surface area contributed by atoms with Crippen LogP contribution in [0, 0.1) is 0 Å². The van der Waals surface area contributed by atoms with Crippen molar-refractivity contribution in [2.45, 2.75) is 39.5 Å². The van der Waals surface area contributed by atoms with E-state index in [-0.39, 0.29) is 23.4 Å². The minimum Gasteiger partial charge on any atom is -0.493 e. The molecule has 0 aliphatic rings. The zero-order valence-electron chi connectivity index (χ0n) is 16.3. The highest BCUT2D eigenvalue weighted by molar-refractivity contribution is 5.92. The molecule has 0 N–H and O–H groups in total. The number of ether oxygens (including phenoxy) is 2. The zero-order chi connectivity index (χ0) is 20.5. The Morgan fingerprint density at radius 1 is 1.14 bits per heavy atom. The van der Waals surface area contributed by atoms with Crippen LogP contribution in [-0.2, 0) is 11.3 Å². The van der Waals surface area contributed by atoms with E-state index < -0.39 is 6.61 Å². The average Bonchev–Trinajstić information content (AvgIpc) is 2.70. The maximum absolute atomic E-state index is 12.8. The summed E-state index contributed by atoms with van der Waals surface area (Å²) in [7, 11) is 1.37. The van der Waals surface area contributed by atoms with Crippen LogP contribution in [0.25, 0.3) is 6.08 Å². The van der Waals surface area contributed by atoms with Gasteiger partial charge in [-0.2, -0.15) is 8.78 Å². The van der Waals surface area contributed by atoms with Crippen molar-refractivity contribution >= 4 is 12.0 Å². The first-order valence-corrected chi connectivity index (χ1v) is 9.10. The molecule has 2 rings (SSSR count). The summed E-state index contributed by atoms with van der Waals surface area (Å²) in [6.45, 7) is 1.47. The highest BCUT2D eigenvalue weighted by Crippen LogP contribution is 2.33. The Morgan fingerprint density at radius 2 is 1.86 bits per heavy atom. The van der Waals surface area contributed by atoms with Gasteiger partial charge >= 0.3 is 6.61 Å². The first-order valence-electron chi connectivity index (χ1n) is 9.10. The Labute approximate surface area is 164 Å². The van der Waals surface area contributed by atoms with Crippen LogP contribution in [0.1, 0.15) is 31.4 Å². The number of carbonyl (C=O) groups excluding carboxylic acids is 1. The molecule has 4 nitrogen and oxygen atoms in total. The Morgan fingerprint density at radius 3 is 2.46 bits per heavy atom. The fourth-order valence-electron chi connectivity index (χ4n) is 2.75. The van der Waals surface area contributed by atoms with Crippen LogP contribution in [0.5, 0.6) is 11.5 Å². The third kappa shape index (κ3) is 5.81. The van der Waals surface area contributed by atoms with Gasteiger partial charge in [0.2, 0.25) is 5.91 Å². The minimum absolute atomic E-state index is 0.0273. The largest absolute Gasteiger partial charge is 0.493 e. The van der Waals surface area contributed by atoms with Crippen LogP contribution in [0.15, 0.2) is 54.6 Å². The van der Waals surface area contributed by atoms with Crippen molar-refractivity contribution in [3.63, 3.8) is 0 Å². The highest BCUT2D eigenvalue weighted by atomic mass is 19.3. The quantitative estimate of drug-likeness (QED) is 0.558. The number of methoxy groups -OCH3 is 1. The Hall–Kier alpha value is -2.89. The molecule has 0 aliphatic heterocycles. The molecule has 0 saturated carbocycles. The molecule has 0 aromatic heterocycles. The van der Waals surface area contributed by atoms with E-state index in [4.69, 9.17) is 4.74 Å². The number of alkyl halides is 2. The Bertz CT molecular complexity index is 794. The summed E-state index contributed by atoms with van der Waals surface area (Å²) in [5.74, 6) is -0.121. The summed E-state index contributed by atoms with van der Waals surface area (Å²) in [4.78, 5) is 14.6. The van der Waals surface area contributed by atoms with Crippen molar-refractivity contribution in [3.8, 4) is 11.5 Å². The summed E-state index contributed by atoms with van der Waals surface area (Å²) in [6, 6.07) is 14.5. The maximum atomic E-state index is 12.8. The van der Waals surface area contributed by atoms with E-state index in [1.54, 1.807) is 17.0 Å². The molecule has 0 heterocycles. The molecule has 1 amide bonds. The normalized spacial score (nSPS) is 12.2. The van der Waals surface area contributed by atoms with Crippen LogP contribution in [0.4, 0.5) is 8.78 Å². The van der Waals surface area contributed by atoms with E-state index in [0.717, 1.165) is 12.0 Å². The van der Waals surface area contributed by atoms with Crippen molar-refractivity contribution in [1.82, 2.24) is 4.90 Å². The van der Waals surface area contributed by atoms with Gasteiger partial charge < -0.3 is 14.4 Å². The summed E-state index contributed by atoms with van der Waals surface area (Å²) in [5.41, 5.74) is 1.37. The molecular weight excluding hydrogens is 364 g/mol. The number of nitrogens with zero attached hydrogens (tertiary/aromatic N) is 1. The number of halogens is 2. The van der Waals surface area contributed by atoms with Gasteiger partial charge in [0, 0.05) is 24.2 Å². The van der Waals surface area contributed by atoms with Crippen molar-refractivity contribution in [3.05, 3.63) is 65.7 Å². The second-order valence-corrected chi connectivity index (χ2v) is 6.30. The molecule has 150 valence electrons. The molecular formula is C22H25F2NO3. The van der Waals surface area contributed by atoms with Crippen LogP contribution >= 0.6 is 0 Å². The first-order chi connectivity index (χ1) is 13.5. The number of hydrogen-bond donors (Lipinski definition) is 0. The van der Waals surface area contributed by atoms with E-state index in [2.05, 4.69) is 4.74 Å². The van der Waals surface area contributed by atoms with Gasteiger partial charge in [-0.3, -0.25) is 4.79 Å². The van der Waals surface area contributed by atoms with Gasteiger partial charge in [0.1, 0.15) is 0 Å². The van der Waals surface area contributed by atoms with Gasteiger partial charge in [-0.25, -0.2) is 0 Å². The monoisotopic (exact) mass is 389 g/mol. The fraction of sp³-hybridized carbons (Fsp3) is 0.318. The van der Waals surface area contributed by atoms with Crippen molar-refractivity contribution in [1.29, 1.82) is 0 Å². The van der Waals surface area contributed by atoms with Crippen molar-refractivity contribution in [2.75, 3.05) is 7.11 Å². The number of para-hydroxylation sites is 1. The smallest absolute Gasteiger partial charge is 0.387 e. The lowest BCUT2D eigenvalue weighted by Gasteiger charge is -2.27. The van der Waals surface area contributed by atoms with Gasteiger partial charge in [-0.1, -0.05) is 49.4 Å². The first kappa shape index (κ1) is 21.4. The molecule has 28 heavy (non-hydrogen) atoms. The number of amides is 1. The topological polar surface area (TPSA) is 38.8 Å². The van der Waals surface area contributed by atoms with Gasteiger partial charge in [0.15, 0.2) is 11.5 Å². The molecule has 0 spiro atoms. The number of carbonyl (C=O) groups is 1. The van der Waals surface area contributed by atoms with Crippen molar-refractivity contribution in [2.24, 2.45) is 0 Å². The lowest BCUT2D eigenvalue weighted by Crippen LogP contribution is -2.36. The highest BCUT2D eigenvalue weighted by Gasteiger charge is 2.18. The average molecular weight is 389 g/mol. The second kappa shape index (κ2) is 10.4. The van der Waals surface area contributed by atoms with Crippen LogP contribution < -0.4 is 9.47 Å². The summed E-state index contributed by atoms with van der Waals surface area (Å²) >= 11 is 0. The standard InChI is InChI=1S/C22H25F2NO3/c1-4-16(2)25(15-17-9-6-5-7-10-17)20(26)14-13-18-11-8-12-19(27-3)21(18)28-22(23)24/h5-14,16,22H,4,15H2,1-3H3/b14-13+. The van der Waals surface area contributed by atoms with E-state index in [1.807, 2.05) is 44.2 Å². The Kier molecular flexibility index (Phi) is 7.99. The van der Waals surface area contributed by atoms with Crippen LogP contribution in [0.3, 0.4) is 0 Å². The predicted molar refractivity (Wildman–Crippen MR) is 105 cm³/mol. The van der Waals surface area contributed by atoms with Crippen LogP contribution in [0.2, 0.25) is 0 Å². The SMILES string of the molecule is CCC(C)N(Cc1ccccc1)C(=O)/C=C/c1cccc(OC)c1OC(F)F. The van der Waals surface area contributed by atoms with E-state index in [1.165, 1.54) is 25.3 Å². The summed E-state index contributed by atoms with van der Waals surface area (Å²) in [6.07, 6.45) is 3.65. The Balaban J connectivity index is 2.26. The van der Waals surface area contributed by atoms with Crippen LogP contribution in [-0.4, -0.2) is 30.6 Å². The van der Waals surface area contributed by atoms with Gasteiger partial charge in [-0.15, -0.1) is 0 Å². The number of rotatable bonds is 9. The summed E-state index contributed by atoms with van der Waals surface area (Å²) < 4.78 is 35.2. The molecule has 0 bridgehead atoms. The molecule has 0 aliphatic carbocycles. The van der Waals surface area contributed by atoms with Gasteiger partial charge in [0.05, 0.1) is 7.11 Å². The maximum Gasteiger partial charge on any atom is 0.387 e. The fourth-order valence-corrected chi connectivity index (χ4v) is 2.75. The molecule has 2 aromatic carbocycles. The number of hydrogen-bond acceptors (Lipinski definition) is 3. The van der Waals surface area contributed by atoms with Crippen molar-refractivity contribution < 1.29 is 23.0 Å². The van der Waals surface area contributed by atoms with E-state index >= 15 is 0 Å². The van der Waals surface area contributed by atoms with Gasteiger partial charge in [-0.05, 0) is 31.1 Å². The molecule has 1 unspecified atom stereocenters. The molecule has 0 saturated heterocycles. The zero-order valence-corrected chi connectivity index (χ0v) is 16.3.